The average molecular weight is 413 g/mol. The number of fused-ring (bicyclic) bond motifs is 1. The molecule has 2 saturated heterocycles. The molecule has 3 atom stereocenters. The van der Waals surface area contributed by atoms with Crippen LogP contribution in [-0.2, 0) is 6.54 Å². The van der Waals surface area contributed by atoms with E-state index >= 15 is 0 Å². The Labute approximate surface area is 173 Å². The molecule has 2 aliphatic rings. The van der Waals surface area contributed by atoms with Crippen molar-refractivity contribution < 1.29 is 9.13 Å². The fourth-order valence-corrected chi connectivity index (χ4v) is 4.71. The maximum atomic E-state index is 14.5. The van der Waals surface area contributed by atoms with Crippen molar-refractivity contribution in [2.75, 3.05) is 33.8 Å². The van der Waals surface area contributed by atoms with Gasteiger partial charge < -0.3 is 4.74 Å². The van der Waals surface area contributed by atoms with Crippen molar-refractivity contribution in [3.05, 3.63) is 65.5 Å². The fraction of sp³-hybridized carbons (Fsp3) is 0.429. The summed E-state index contributed by atoms with van der Waals surface area (Å²) in [5, 5.41) is 0. The molecule has 0 aliphatic carbocycles. The molecule has 27 heavy (non-hydrogen) atoms. The van der Waals surface area contributed by atoms with Gasteiger partial charge in [-0.15, -0.1) is 24.8 Å². The minimum absolute atomic E-state index is 0. The Bertz CT molecular complexity index is 746. The first-order valence-electron chi connectivity index (χ1n) is 8.96. The smallest absolute Gasteiger partial charge is 0.169 e. The topological polar surface area (TPSA) is 15.7 Å². The monoisotopic (exact) mass is 412 g/mol. The summed E-state index contributed by atoms with van der Waals surface area (Å²) in [5.41, 5.74) is 2.12. The Kier molecular flexibility index (Phi) is 7.52. The quantitative estimate of drug-likeness (QED) is 0.739. The third-order valence-corrected chi connectivity index (χ3v) is 5.77. The van der Waals surface area contributed by atoms with Crippen LogP contribution in [0, 0.1) is 17.7 Å². The van der Waals surface area contributed by atoms with Crippen molar-refractivity contribution in [2.45, 2.75) is 12.6 Å². The van der Waals surface area contributed by atoms with Gasteiger partial charge in [-0.2, -0.15) is 0 Å². The van der Waals surface area contributed by atoms with Crippen LogP contribution in [0.15, 0.2) is 48.5 Å². The number of methoxy groups -OCH3 is 1. The van der Waals surface area contributed by atoms with Crippen molar-refractivity contribution >= 4 is 24.8 Å². The van der Waals surface area contributed by atoms with E-state index in [-0.39, 0.29) is 30.6 Å². The van der Waals surface area contributed by atoms with Gasteiger partial charge in [-0.1, -0.05) is 42.5 Å². The molecule has 0 N–H and O–H groups in total. The van der Waals surface area contributed by atoms with Crippen molar-refractivity contribution in [3.63, 3.8) is 0 Å². The highest BCUT2D eigenvalue weighted by atomic mass is 35.5. The van der Waals surface area contributed by atoms with E-state index in [1.54, 1.807) is 6.07 Å². The molecule has 148 valence electrons. The van der Waals surface area contributed by atoms with E-state index in [2.05, 4.69) is 47.2 Å². The van der Waals surface area contributed by atoms with Gasteiger partial charge >= 0.3 is 0 Å². The van der Waals surface area contributed by atoms with Crippen LogP contribution >= 0.6 is 24.8 Å². The van der Waals surface area contributed by atoms with Gasteiger partial charge in [-0.25, -0.2) is 4.39 Å². The number of hydrogen-bond acceptors (Lipinski definition) is 3. The second-order valence-electron chi connectivity index (χ2n) is 7.35. The lowest BCUT2D eigenvalue weighted by Crippen LogP contribution is -2.29. The van der Waals surface area contributed by atoms with Crippen LogP contribution < -0.4 is 4.74 Å². The number of rotatable bonds is 4. The Morgan fingerprint density at radius 1 is 1.00 bits per heavy atom. The summed E-state index contributed by atoms with van der Waals surface area (Å²) in [5.74, 6) is 1.38. The number of hydrogen-bond donors (Lipinski definition) is 0. The fourth-order valence-electron chi connectivity index (χ4n) is 4.71. The van der Waals surface area contributed by atoms with Crippen molar-refractivity contribution in [2.24, 2.45) is 11.8 Å². The zero-order chi connectivity index (χ0) is 17.4. The first-order chi connectivity index (χ1) is 12.2. The Morgan fingerprint density at radius 2 is 1.74 bits per heavy atom. The van der Waals surface area contributed by atoms with Crippen LogP contribution in [-0.4, -0.2) is 43.6 Å². The zero-order valence-corrected chi connectivity index (χ0v) is 17.3. The zero-order valence-electron chi connectivity index (χ0n) is 15.7. The molecule has 2 aliphatic heterocycles. The molecule has 0 unspecified atom stereocenters. The standard InChI is InChI=1S/C21H25FN2O.2ClH/c1-23-11-17-13-24(12-16-9-6-10-19(25-2)20(16)22)14-18(17)21(23)15-7-4-3-5-8-15;;/h3-10,17-18,21H,11-14H2,1-2H3;2*1H/t17-,18+,21-;;/m0../s1. The van der Waals surface area contributed by atoms with Crippen molar-refractivity contribution in [1.29, 1.82) is 0 Å². The highest BCUT2D eigenvalue weighted by Crippen LogP contribution is 2.44. The Hall–Kier alpha value is -1.33. The van der Waals surface area contributed by atoms with Crippen LogP contribution in [0.5, 0.6) is 5.75 Å². The third-order valence-electron chi connectivity index (χ3n) is 5.77. The number of likely N-dealkylation sites (tertiary alicyclic amines) is 2. The molecule has 0 spiro atoms. The number of ether oxygens (including phenoxy) is 1. The van der Waals surface area contributed by atoms with Gasteiger partial charge in [0.1, 0.15) is 0 Å². The largest absolute Gasteiger partial charge is 0.494 e. The highest BCUT2D eigenvalue weighted by Gasteiger charge is 2.45. The molecule has 6 heteroatoms. The summed E-state index contributed by atoms with van der Waals surface area (Å²) >= 11 is 0. The van der Waals surface area contributed by atoms with E-state index in [1.165, 1.54) is 12.7 Å². The second kappa shape index (κ2) is 9.24. The molecule has 3 nitrogen and oxygen atoms in total. The van der Waals surface area contributed by atoms with Crippen LogP contribution in [0.3, 0.4) is 0 Å². The number of nitrogens with zero attached hydrogens (tertiary/aromatic N) is 2. The Balaban J connectivity index is 0.00000131. The first kappa shape index (κ1) is 22.0. The van der Waals surface area contributed by atoms with Crippen LogP contribution in [0.2, 0.25) is 0 Å². The van der Waals surface area contributed by atoms with Crippen molar-refractivity contribution in [3.8, 4) is 5.75 Å². The SMILES string of the molecule is COc1cccc(CN2C[C@@H]3CN(C)[C@@H](c4ccccc4)[C@@H]3C2)c1F.Cl.Cl. The predicted molar refractivity (Wildman–Crippen MR) is 112 cm³/mol. The van der Waals surface area contributed by atoms with Gasteiger partial charge in [0.15, 0.2) is 11.6 Å². The number of halogens is 3. The van der Waals surface area contributed by atoms with Gasteiger partial charge in [0.2, 0.25) is 0 Å². The molecular formula is C21H27Cl2FN2O. The molecular weight excluding hydrogens is 386 g/mol. The maximum Gasteiger partial charge on any atom is 0.169 e. The summed E-state index contributed by atoms with van der Waals surface area (Å²) in [7, 11) is 3.74. The molecule has 2 aromatic carbocycles. The third kappa shape index (κ3) is 4.24. The molecule has 2 fully saturated rings. The summed E-state index contributed by atoms with van der Waals surface area (Å²) in [6.07, 6.45) is 0. The molecule has 2 aromatic rings. The van der Waals surface area contributed by atoms with E-state index in [0.717, 1.165) is 25.2 Å². The minimum Gasteiger partial charge on any atom is -0.494 e. The van der Waals surface area contributed by atoms with Gasteiger partial charge in [-0.3, -0.25) is 9.80 Å². The summed E-state index contributed by atoms with van der Waals surface area (Å²) in [4.78, 5) is 4.88. The van der Waals surface area contributed by atoms with Crippen molar-refractivity contribution in [1.82, 2.24) is 9.80 Å². The van der Waals surface area contributed by atoms with Gasteiger partial charge in [0.05, 0.1) is 7.11 Å². The molecule has 0 bridgehead atoms. The van der Waals surface area contributed by atoms with E-state index in [1.807, 2.05) is 12.1 Å². The van der Waals surface area contributed by atoms with E-state index < -0.39 is 0 Å². The minimum atomic E-state index is -0.223. The van der Waals surface area contributed by atoms with E-state index in [9.17, 15) is 4.39 Å². The van der Waals surface area contributed by atoms with Gasteiger partial charge in [0, 0.05) is 37.8 Å². The Morgan fingerprint density at radius 3 is 2.44 bits per heavy atom. The molecule has 0 radical (unpaired) electrons. The molecule has 0 aromatic heterocycles. The highest BCUT2D eigenvalue weighted by molar-refractivity contribution is 5.85. The molecule has 0 amide bonds. The lowest BCUT2D eigenvalue weighted by Gasteiger charge is -2.27. The number of benzene rings is 2. The van der Waals surface area contributed by atoms with E-state index in [0.29, 0.717) is 30.2 Å². The van der Waals surface area contributed by atoms with Gasteiger partial charge in [0.25, 0.3) is 0 Å². The normalized spacial score (nSPS) is 24.8. The summed E-state index contributed by atoms with van der Waals surface area (Å²) in [6, 6.07) is 16.7. The predicted octanol–water partition coefficient (Wildman–Crippen LogP) is 4.41. The summed E-state index contributed by atoms with van der Waals surface area (Å²) < 4.78 is 19.6. The maximum absolute atomic E-state index is 14.5. The second-order valence-corrected chi connectivity index (χ2v) is 7.35. The van der Waals surface area contributed by atoms with Crippen LogP contribution in [0.25, 0.3) is 0 Å². The van der Waals surface area contributed by atoms with Crippen LogP contribution in [0.1, 0.15) is 17.2 Å². The van der Waals surface area contributed by atoms with E-state index in [4.69, 9.17) is 4.74 Å². The molecule has 2 heterocycles. The molecule has 0 saturated carbocycles. The van der Waals surface area contributed by atoms with Gasteiger partial charge in [-0.05, 0) is 30.5 Å². The molecule has 4 rings (SSSR count). The van der Waals surface area contributed by atoms with Crippen LogP contribution in [0.4, 0.5) is 4.39 Å². The summed E-state index contributed by atoms with van der Waals surface area (Å²) in [6.45, 7) is 3.82. The lowest BCUT2D eigenvalue weighted by molar-refractivity contribution is 0.223. The first-order valence-corrected chi connectivity index (χ1v) is 8.96. The average Bonchev–Trinajstić information content (AvgIpc) is 3.13. The lowest BCUT2D eigenvalue weighted by atomic mass is 9.90.